The molecule has 0 saturated carbocycles. The van der Waals surface area contributed by atoms with Gasteiger partial charge in [0.2, 0.25) is 11.8 Å². The predicted molar refractivity (Wildman–Crippen MR) is 154 cm³/mol. The highest BCUT2D eigenvalue weighted by Crippen LogP contribution is 2.40. The van der Waals surface area contributed by atoms with Crippen molar-refractivity contribution in [3.05, 3.63) is 53.7 Å². The summed E-state index contributed by atoms with van der Waals surface area (Å²) >= 11 is 0. The topological polar surface area (TPSA) is 93.0 Å². The van der Waals surface area contributed by atoms with Gasteiger partial charge in [0.1, 0.15) is 11.6 Å². The highest BCUT2D eigenvalue weighted by atomic mass is 19.4. The Balaban J connectivity index is 1.38. The normalized spacial score (nSPS) is 16.7. The van der Waals surface area contributed by atoms with Gasteiger partial charge in [0.05, 0.1) is 18.9 Å². The summed E-state index contributed by atoms with van der Waals surface area (Å²) in [4.78, 5) is 16.8. The number of aromatic nitrogens is 2. The van der Waals surface area contributed by atoms with Crippen LogP contribution in [-0.4, -0.2) is 93.3 Å². The van der Waals surface area contributed by atoms with Crippen molar-refractivity contribution < 1.29 is 22.6 Å². The van der Waals surface area contributed by atoms with Gasteiger partial charge in [-0.05, 0) is 44.4 Å². The average Bonchev–Trinajstić information content (AvgIpc) is 2.98. The minimum Gasteiger partial charge on any atom is -0.493 e. The van der Waals surface area contributed by atoms with Crippen molar-refractivity contribution >= 4 is 23.0 Å². The molecule has 0 unspecified atom stereocenters. The van der Waals surface area contributed by atoms with Gasteiger partial charge in [-0.1, -0.05) is 0 Å². The number of ether oxygens (including phenoxy) is 2. The molecule has 2 aliphatic rings. The molecule has 42 heavy (non-hydrogen) atoms. The number of hydrogen-bond donors (Lipinski definition) is 1. The highest BCUT2D eigenvalue weighted by molar-refractivity contribution is 5.65. The number of alkyl halides is 3. The zero-order valence-corrected chi connectivity index (χ0v) is 23.8. The first-order valence-corrected chi connectivity index (χ1v) is 13.6. The molecule has 2 fully saturated rings. The summed E-state index contributed by atoms with van der Waals surface area (Å²) in [6, 6.07) is 11.6. The first-order valence-electron chi connectivity index (χ1n) is 13.6. The van der Waals surface area contributed by atoms with E-state index in [4.69, 9.17) is 9.47 Å². The van der Waals surface area contributed by atoms with Crippen LogP contribution in [0.25, 0.3) is 0 Å². The quantitative estimate of drug-likeness (QED) is 0.432. The fraction of sp³-hybridized carbons (Fsp3) is 0.414. The SMILES string of the molecule is COc1cc(N2CCN(C)CC2)ccc1Oc1nc(Nc2ccc(N3CCN(C)CC3)c(C(F)(F)F)c2)ncc1C#N. The molecule has 10 nitrogen and oxygen atoms in total. The lowest BCUT2D eigenvalue weighted by molar-refractivity contribution is -0.137. The smallest absolute Gasteiger partial charge is 0.418 e. The molecular formula is C29H33F3N8O2. The Hall–Kier alpha value is -4.28. The lowest BCUT2D eigenvalue weighted by Gasteiger charge is -2.35. The summed E-state index contributed by atoms with van der Waals surface area (Å²) in [5.74, 6) is 0.730. The Morgan fingerprint density at radius 2 is 1.55 bits per heavy atom. The van der Waals surface area contributed by atoms with Gasteiger partial charge in [-0.2, -0.15) is 23.4 Å². The van der Waals surface area contributed by atoms with Gasteiger partial charge in [0.15, 0.2) is 11.5 Å². The number of nitriles is 1. The molecule has 0 radical (unpaired) electrons. The van der Waals surface area contributed by atoms with Crippen LogP contribution in [0.4, 0.5) is 36.2 Å². The van der Waals surface area contributed by atoms with Crippen LogP contribution in [0.5, 0.6) is 17.4 Å². The van der Waals surface area contributed by atoms with E-state index in [-0.39, 0.29) is 28.8 Å². The van der Waals surface area contributed by atoms with Gasteiger partial charge < -0.3 is 34.4 Å². The monoisotopic (exact) mass is 582 g/mol. The summed E-state index contributed by atoms with van der Waals surface area (Å²) in [6.45, 7) is 6.04. The zero-order chi connectivity index (χ0) is 29.9. The molecular weight excluding hydrogens is 549 g/mol. The highest BCUT2D eigenvalue weighted by Gasteiger charge is 2.36. The van der Waals surface area contributed by atoms with Crippen molar-refractivity contribution in [1.29, 1.82) is 5.26 Å². The molecule has 222 valence electrons. The van der Waals surface area contributed by atoms with Crippen LogP contribution in [0.1, 0.15) is 11.1 Å². The van der Waals surface area contributed by atoms with Crippen LogP contribution in [0.2, 0.25) is 0 Å². The molecule has 13 heteroatoms. The largest absolute Gasteiger partial charge is 0.493 e. The molecule has 1 aromatic heterocycles. The average molecular weight is 583 g/mol. The fourth-order valence-electron chi connectivity index (χ4n) is 4.98. The molecule has 0 atom stereocenters. The van der Waals surface area contributed by atoms with E-state index in [0.717, 1.165) is 37.9 Å². The maximum Gasteiger partial charge on any atom is 0.418 e. The number of nitrogens with zero attached hydrogens (tertiary/aromatic N) is 7. The number of nitrogens with one attached hydrogen (secondary N) is 1. The molecule has 5 rings (SSSR count). The van der Waals surface area contributed by atoms with Gasteiger partial charge >= 0.3 is 6.18 Å². The number of anilines is 4. The molecule has 2 saturated heterocycles. The Morgan fingerprint density at radius 1 is 0.881 bits per heavy atom. The van der Waals surface area contributed by atoms with Crippen molar-refractivity contribution in [2.75, 3.05) is 88.7 Å². The van der Waals surface area contributed by atoms with Crippen molar-refractivity contribution in [3.8, 4) is 23.4 Å². The summed E-state index contributed by atoms with van der Waals surface area (Å²) in [7, 11) is 5.56. The fourth-order valence-corrected chi connectivity index (χ4v) is 4.98. The number of piperazine rings is 2. The zero-order valence-electron chi connectivity index (χ0n) is 23.8. The van der Waals surface area contributed by atoms with Crippen LogP contribution < -0.4 is 24.6 Å². The van der Waals surface area contributed by atoms with E-state index in [1.165, 1.54) is 19.4 Å². The van der Waals surface area contributed by atoms with Crippen LogP contribution >= 0.6 is 0 Å². The van der Waals surface area contributed by atoms with Crippen LogP contribution in [0.15, 0.2) is 42.6 Å². The molecule has 0 bridgehead atoms. The Kier molecular flexibility index (Phi) is 8.56. The second-order valence-electron chi connectivity index (χ2n) is 10.4. The van der Waals surface area contributed by atoms with Crippen LogP contribution in [0.3, 0.4) is 0 Å². The molecule has 3 aromatic rings. The number of likely N-dealkylation sites (N-methyl/N-ethyl adjacent to an activating group) is 2. The molecule has 3 heterocycles. The van der Waals surface area contributed by atoms with Gasteiger partial charge in [-0.3, -0.25) is 0 Å². The maximum atomic E-state index is 14.1. The molecule has 0 amide bonds. The maximum absolute atomic E-state index is 14.1. The lowest BCUT2D eigenvalue weighted by Crippen LogP contribution is -2.45. The minimum atomic E-state index is -4.55. The Bertz CT molecular complexity index is 1450. The molecule has 1 N–H and O–H groups in total. The van der Waals surface area contributed by atoms with Crippen molar-refractivity contribution in [3.63, 3.8) is 0 Å². The second-order valence-corrected chi connectivity index (χ2v) is 10.4. The van der Waals surface area contributed by atoms with E-state index in [2.05, 4.69) is 37.0 Å². The minimum absolute atomic E-state index is 0.0162. The second kappa shape index (κ2) is 12.3. The lowest BCUT2D eigenvalue weighted by atomic mass is 10.1. The summed E-state index contributed by atoms with van der Waals surface area (Å²) in [6.07, 6.45) is -3.29. The van der Waals surface area contributed by atoms with E-state index in [0.29, 0.717) is 37.7 Å². The van der Waals surface area contributed by atoms with E-state index in [1.807, 2.05) is 25.2 Å². The van der Waals surface area contributed by atoms with Crippen LogP contribution in [0, 0.1) is 11.3 Å². The Labute approximate surface area is 242 Å². The number of hydrogen-bond acceptors (Lipinski definition) is 10. The van der Waals surface area contributed by atoms with Crippen molar-refractivity contribution in [1.82, 2.24) is 19.8 Å². The summed E-state index contributed by atoms with van der Waals surface area (Å²) in [5, 5.41) is 12.5. The predicted octanol–water partition coefficient (Wildman–Crippen LogP) is 4.42. The molecule has 2 aliphatic heterocycles. The van der Waals surface area contributed by atoms with Gasteiger partial charge in [0.25, 0.3) is 0 Å². The summed E-state index contributed by atoms with van der Waals surface area (Å²) in [5.41, 5.74) is 0.598. The van der Waals surface area contributed by atoms with Gasteiger partial charge in [-0.25, -0.2) is 4.98 Å². The molecule has 0 spiro atoms. The number of halogens is 3. The van der Waals surface area contributed by atoms with Gasteiger partial charge in [-0.15, -0.1) is 0 Å². The standard InChI is InChI=1S/C29H33F3N8O2/c1-37-8-12-39(13-9-37)22-5-7-25(26(17-22)41-3)42-27-20(18-33)19-34-28(36-27)35-21-4-6-24(23(16-21)29(30,31)32)40-14-10-38(2)11-15-40/h4-7,16-17,19H,8-15H2,1-3H3,(H,34,35,36). The molecule has 0 aliphatic carbocycles. The first-order chi connectivity index (χ1) is 20.1. The van der Waals surface area contributed by atoms with Crippen LogP contribution in [-0.2, 0) is 6.18 Å². The molecule has 2 aromatic carbocycles. The van der Waals surface area contributed by atoms with Gasteiger partial charge in [0, 0.05) is 75.5 Å². The van der Waals surface area contributed by atoms with Crippen molar-refractivity contribution in [2.45, 2.75) is 6.18 Å². The van der Waals surface area contributed by atoms with E-state index in [1.54, 1.807) is 17.0 Å². The van der Waals surface area contributed by atoms with E-state index in [9.17, 15) is 18.4 Å². The van der Waals surface area contributed by atoms with E-state index < -0.39 is 11.7 Å². The number of benzene rings is 2. The number of rotatable bonds is 7. The van der Waals surface area contributed by atoms with Crippen molar-refractivity contribution in [2.24, 2.45) is 0 Å². The Morgan fingerprint density at radius 3 is 2.17 bits per heavy atom. The third-order valence-corrected chi connectivity index (χ3v) is 7.50. The number of methoxy groups -OCH3 is 1. The first kappa shape index (κ1) is 29.2. The third kappa shape index (κ3) is 6.61. The third-order valence-electron chi connectivity index (χ3n) is 7.50. The van der Waals surface area contributed by atoms with E-state index >= 15 is 0 Å². The summed E-state index contributed by atoms with van der Waals surface area (Å²) < 4.78 is 53.8.